The van der Waals surface area contributed by atoms with Crippen molar-refractivity contribution < 1.29 is 18.4 Å². The largest absolute Gasteiger partial charge is 0.334 e. The number of piperidine rings is 2. The van der Waals surface area contributed by atoms with Gasteiger partial charge in [-0.1, -0.05) is 18.2 Å². The van der Waals surface area contributed by atoms with Gasteiger partial charge in [-0.15, -0.1) is 0 Å². The molecular formula is C37H53F2N3O2. The lowest BCUT2D eigenvalue weighted by Crippen LogP contribution is -2.51. The number of carbonyl (C=O) groups is 2. The molecule has 242 valence electrons. The van der Waals surface area contributed by atoms with Crippen LogP contribution in [0, 0.1) is 31.4 Å². The number of benzene rings is 2. The third kappa shape index (κ3) is 7.59. The number of likely N-dealkylation sites (tertiary alicyclic amines) is 2. The molecular weight excluding hydrogens is 556 g/mol. The van der Waals surface area contributed by atoms with Crippen molar-refractivity contribution >= 4 is 11.7 Å². The van der Waals surface area contributed by atoms with Crippen molar-refractivity contribution in [3.63, 3.8) is 0 Å². The molecule has 0 aromatic heterocycles. The smallest absolute Gasteiger partial charge is 0.220 e. The first kappa shape index (κ1) is 34.2. The average molecular weight is 610 g/mol. The summed E-state index contributed by atoms with van der Waals surface area (Å²) in [7, 11) is 0. The Balaban J connectivity index is 1.49. The first-order valence-electron chi connectivity index (χ1n) is 16.4. The van der Waals surface area contributed by atoms with E-state index in [1.807, 2.05) is 4.90 Å². The molecule has 5 nitrogen and oxygen atoms in total. The first-order valence-corrected chi connectivity index (χ1v) is 16.4. The van der Waals surface area contributed by atoms with E-state index >= 15 is 4.39 Å². The van der Waals surface area contributed by atoms with Crippen LogP contribution in [0.2, 0.25) is 0 Å². The summed E-state index contributed by atoms with van der Waals surface area (Å²) < 4.78 is 28.8. The molecule has 4 rings (SSSR count). The van der Waals surface area contributed by atoms with Gasteiger partial charge in [0.15, 0.2) is 5.78 Å². The van der Waals surface area contributed by atoms with Gasteiger partial charge in [0.1, 0.15) is 11.6 Å². The summed E-state index contributed by atoms with van der Waals surface area (Å²) >= 11 is 0. The molecule has 0 spiro atoms. The zero-order valence-corrected chi connectivity index (χ0v) is 28.3. The molecule has 0 radical (unpaired) electrons. The summed E-state index contributed by atoms with van der Waals surface area (Å²) in [4.78, 5) is 33.0. The highest BCUT2D eigenvalue weighted by Gasteiger charge is 2.40. The van der Waals surface area contributed by atoms with Gasteiger partial charge in [-0.2, -0.15) is 0 Å². The molecule has 0 saturated carbocycles. The van der Waals surface area contributed by atoms with Gasteiger partial charge in [0.25, 0.3) is 0 Å². The van der Waals surface area contributed by atoms with Crippen molar-refractivity contribution in [2.75, 3.05) is 32.7 Å². The van der Waals surface area contributed by atoms with Crippen LogP contribution in [0.3, 0.4) is 0 Å². The third-order valence-corrected chi connectivity index (χ3v) is 10.2. The van der Waals surface area contributed by atoms with Gasteiger partial charge in [-0.3, -0.25) is 19.4 Å². The van der Waals surface area contributed by atoms with Crippen molar-refractivity contribution in [1.82, 2.24) is 14.7 Å². The molecule has 2 saturated heterocycles. The van der Waals surface area contributed by atoms with Crippen molar-refractivity contribution in [3.8, 4) is 0 Å². The zero-order chi connectivity index (χ0) is 32.5. The van der Waals surface area contributed by atoms with Crippen molar-refractivity contribution in [2.24, 2.45) is 5.92 Å². The molecule has 2 unspecified atom stereocenters. The SMILES string of the molecule is CC(=O)N(C(C)C)[C@@H](C)c1cc(C)c(C)cc1C1CCN(CC(=O)C2CCN(C(C)(C)C)CC2c2ccc(F)cc2F)CC1. The standard InChI is InChI=1S/C37H53F2N3O2/c1-23(2)42(27(6)43)26(5)32-18-24(3)25(4)19-33(32)28-12-15-40(16-13-28)22-36(44)31-14-17-41(37(7,8)9)21-34(31)30-11-10-29(38)20-35(30)39/h10-11,18-20,23,26,28,31,34H,12-17,21-22H2,1-9H3/t26-,31?,34?/m0/s1. The van der Waals surface area contributed by atoms with Gasteiger partial charge in [0.05, 0.1) is 12.6 Å². The number of hydrogen-bond donors (Lipinski definition) is 0. The van der Waals surface area contributed by atoms with Crippen LogP contribution < -0.4 is 0 Å². The Morgan fingerprint density at radius 2 is 1.57 bits per heavy atom. The quantitative estimate of drug-likeness (QED) is 0.310. The Labute approximate surface area is 264 Å². The number of Topliss-reactive ketones (excluding diaryl/α,β-unsaturated/α-hetero) is 1. The number of aryl methyl sites for hydroxylation is 2. The Morgan fingerprint density at radius 1 is 0.932 bits per heavy atom. The van der Waals surface area contributed by atoms with Crippen LogP contribution in [0.25, 0.3) is 0 Å². The van der Waals surface area contributed by atoms with Crippen molar-refractivity contribution in [2.45, 2.75) is 111 Å². The maximum atomic E-state index is 15.0. The minimum absolute atomic E-state index is 0.0239. The lowest BCUT2D eigenvalue weighted by Gasteiger charge is -2.45. The molecule has 2 aliphatic rings. The lowest BCUT2D eigenvalue weighted by molar-refractivity contribution is -0.133. The number of rotatable bonds is 8. The number of amides is 1. The van der Waals surface area contributed by atoms with Gasteiger partial charge in [0.2, 0.25) is 5.91 Å². The van der Waals surface area contributed by atoms with E-state index in [2.05, 4.69) is 77.3 Å². The summed E-state index contributed by atoms with van der Waals surface area (Å²) in [5, 5.41) is 0. The van der Waals surface area contributed by atoms with E-state index in [9.17, 15) is 14.0 Å². The van der Waals surface area contributed by atoms with Crippen LogP contribution in [0.15, 0.2) is 30.3 Å². The Morgan fingerprint density at radius 3 is 2.14 bits per heavy atom. The Hall–Kier alpha value is -2.64. The molecule has 0 N–H and O–H groups in total. The highest BCUT2D eigenvalue weighted by Crippen LogP contribution is 2.39. The number of nitrogens with zero attached hydrogens (tertiary/aromatic N) is 3. The predicted molar refractivity (Wildman–Crippen MR) is 174 cm³/mol. The van der Waals surface area contributed by atoms with Crippen LogP contribution in [0.5, 0.6) is 0 Å². The predicted octanol–water partition coefficient (Wildman–Crippen LogP) is 7.55. The maximum Gasteiger partial charge on any atom is 0.220 e. The second-order valence-corrected chi connectivity index (χ2v) is 14.6. The van der Waals surface area contributed by atoms with Crippen LogP contribution in [0.1, 0.15) is 113 Å². The summed E-state index contributed by atoms with van der Waals surface area (Å²) in [5.74, 6) is -1.18. The first-order chi connectivity index (χ1) is 20.6. The van der Waals surface area contributed by atoms with E-state index in [1.165, 1.54) is 34.4 Å². The molecule has 2 aliphatic heterocycles. The zero-order valence-electron chi connectivity index (χ0n) is 28.3. The van der Waals surface area contributed by atoms with Gasteiger partial charge in [-0.25, -0.2) is 8.78 Å². The summed E-state index contributed by atoms with van der Waals surface area (Å²) in [5.41, 5.74) is 5.37. The van der Waals surface area contributed by atoms with E-state index < -0.39 is 11.6 Å². The highest BCUT2D eigenvalue weighted by molar-refractivity contribution is 5.84. The second-order valence-electron chi connectivity index (χ2n) is 14.6. The molecule has 44 heavy (non-hydrogen) atoms. The lowest BCUT2D eigenvalue weighted by atomic mass is 9.76. The van der Waals surface area contributed by atoms with Crippen LogP contribution in [0.4, 0.5) is 8.78 Å². The fraction of sp³-hybridized carbons (Fsp3) is 0.622. The molecule has 2 aromatic carbocycles. The summed E-state index contributed by atoms with van der Waals surface area (Å²) in [6.07, 6.45) is 2.55. The summed E-state index contributed by atoms with van der Waals surface area (Å²) in [6, 6.07) is 8.44. The molecule has 0 bridgehead atoms. The number of halogens is 2. The number of ketones is 1. The van der Waals surface area contributed by atoms with Gasteiger partial charge in [0, 0.05) is 43.0 Å². The molecule has 2 heterocycles. The van der Waals surface area contributed by atoms with Crippen molar-refractivity contribution in [1.29, 1.82) is 0 Å². The summed E-state index contributed by atoms with van der Waals surface area (Å²) in [6.45, 7) is 21.9. The molecule has 2 fully saturated rings. The van der Waals surface area contributed by atoms with Crippen LogP contribution in [-0.2, 0) is 9.59 Å². The average Bonchev–Trinajstić information content (AvgIpc) is 2.93. The van der Waals surface area contributed by atoms with E-state index in [1.54, 1.807) is 6.92 Å². The van der Waals surface area contributed by atoms with Gasteiger partial charge >= 0.3 is 0 Å². The molecule has 3 atom stereocenters. The molecule has 7 heteroatoms. The van der Waals surface area contributed by atoms with E-state index in [-0.39, 0.29) is 41.1 Å². The normalized spacial score (nSPS) is 21.5. The monoisotopic (exact) mass is 609 g/mol. The number of carbonyl (C=O) groups excluding carboxylic acids is 2. The van der Waals surface area contributed by atoms with Crippen LogP contribution >= 0.6 is 0 Å². The van der Waals surface area contributed by atoms with E-state index in [0.29, 0.717) is 31.0 Å². The number of hydrogen-bond acceptors (Lipinski definition) is 4. The van der Waals surface area contributed by atoms with Gasteiger partial charge < -0.3 is 4.90 Å². The third-order valence-electron chi connectivity index (χ3n) is 10.2. The fourth-order valence-corrected chi connectivity index (χ4v) is 7.61. The minimum Gasteiger partial charge on any atom is -0.334 e. The highest BCUT2D eigenvalue weighted by atomic mass is 19.1. The van der Waals surface area contributed by atoms with Gasteiger partial charge in [-0.05, 0) is 134 Å². The topological polar surface area (TPSA) is 43.9 Å². The Bertz CT molecular complexity index is 1340. The van der Waals surface area contributed by atoms with Crippen molar-refractivity contribution in [3.05, 3.63) is 69.8 Å². The Kier molecular flexibility index (Phi) is 10.7. The second kappa shape index (κ2) is 13.8. The maximum absolute atomic E-state index is 15.0. The minimum atomic E-state index is -0.597. The molecule has 2 aromatic rings. The molecule has 1 amide bonds. The van der Waals surface area contributed by atoms with Crippen LogP contribution in [-0.4, -0.2) is 70.7 Å². The van der Waals surface area contributed by atoms with E-state index in [4.69, 9.17) is 0 Å². The fourth-order valence-electron chi connectivity index (χ4n) is 7.61. The van der Waals surface area contributed by atoms with E-state index in [0.717, 1.165) is 38.5 Å². The molecule has 0 aliphatic carbocycles.